The molecule has 1 amide bonds. The van der Waals surface area contributed by atoms with Crippen LogP contribution in [0.1, 0.15) is 0 Å². The van der Waals surface area contributed by atoms with Gasteiger partial charge in [0.2, 0.25) is 5.91 Å². The summed E-state index contributed by atoms with van der Waals surface area (Å²) in [4.78, 5) is 10.8. The summed E-state index contributed by atoms with van der Waals surface area (Å²) >= 11 is -0.797. The van der Waals surface area contributed by atoms with Gasteiger partial charge in [0, 0.05) is 29.3 Å². The predicted octanol–water partition coefficient (Wildman–Crippen LogP) is -1.32. The van der Waals surface area contributed by atoms with Gasteiger partial charge in [0.1, 0.15) is 6.04 Å². The molecule has 2 unspecified atom stereocenters. The summed E-state index contributed by atoms with van der Waals surface area (Å²) < 4.78 is 22.3. The van der Waals surface area contributed by atoms with Gasteiger partial charge in [-0.1, -0.05) is 0 Å². The van der Waals surface area contributed by atoms with E-state index in [1.807, 2.05) is 0 Å². The molecule has 0 radical (unpaired) electrons. The third-order valence-corrected chi connectivity index (χ3v) is 3.44. The molecule has 1 rings (SSSR count). The SMILES string of the molecule is NC(=O)C1CSCCN1S(=O)[O-]. The fourth-order valence-corrected chi connectivity index (χ4v) is 2.89. The van der Waals surface area contributed by atoms with Crippen LogP contribution in [0.3, 0.4) is 0 Å². The van der Waals surface area contributed by atoms with Gasteiger partial charge in [-0.3, -0.25) is 9.00 Å². The molecule has 1 aliphatic heterocycles. The number of primary amides is 1. The van der Waals surface area contributed by atoms with Crippen LogP contribution < -0.4 is 5.73 Å². The lowest BCUT2D eigenvalue weighted by atomic mass is 10.3. The summed E-state index contributed by atoms with van der Waals surface area (Å²) in [6.07, 6.45) is 0. The van der Waals surface area contributed by atoms with Crippen LogP contribution >= 0.6 is 11.8 Å². The van der Waals surface area contributed by atoms with Crippen molar-refractivity contribution in [2.75, 3.05) is 18.1 Å². The number of hydrogen-bond acceptors (Lipinski definition) is 4. The Bertz CT molecular complexity index is 189. The Morgan fingerprint density at radius 3 is 2.83 bits per heavy atom. The summed E-state index contributed by atoms with van der Waals surface area (Å²) in [5.74, 6) is 0.604. The summed E-state index contributed by atoms with van der Waals surface area (Å²) in [6.45, 7) is 0.369. The van der Waals surface area contributed by atoms with Gasteiger partial charge >= 0.3 is 0 Å². The molecule has 0 aromatic heterocycles. The van der Waals surface area contributed by atoms with Crippen LogP contribution in [0.5, 0.6) is 0 Å². The second-order valence-electron chi connectivity index (χ2n) is 2.35. The van der Waals surface area contributed by atoms with Gasteiger partial charge in [0.15, 0.2) is 0 Å². The molecule has 0 saturated carbocycles. The molecule has 1 saturated heterocycles. The Morgan fingerprint density at radius 1 is 1.75 bits per heavy atom. The molecule has 0 aromatic carbocycles. The first-order valence-electron chi connectivity index (χ1n) is 3.36. The Labute approximate surface area is 77.1 Å². The third kappa shape index (κ3) is 2.19. The first-order chi connectivity index (χ1) is 5.63. The molecule has 1 aliphatic rings. The minimum absolute atomic E-state index is 0.369. The molecular formula is C5H9N2O3S2-. The molecular weight excluding hydrogens is 200 g/mol. The van der Waals surface area contributed by atoms with Crippen LogP contribution in [0.4, 0.5) is 0 Å². The van der Waals surface area contributed by atoms with Crippen molar-refractivity contribution in [2.45, 2.75) is 6.04 Å². The van der Waals surface area contributed by atoms with E-state index >= 15 is 0 Å². The molecule has 2 N–H and O–H groups in total. The van der Waals surface area contributed by atoms with E-state index < -0.39 is 23.2 Å². The van der Waals surface area contributed by atoms with Crippen LogP contribution in [0, 0.1) is 0 Å². The number of nitrogens with zero attached hydrogens (tertiary/aromatic N) is 1. The smallest absolute Gasteiger partial charge is 0.236 e. The maximum absolute atomic E-state index is 10.8. The van der Waals surface area contributed by atoms with E-state index in [0.717, 1.165) is 10.1 Å². The predicted molar refractivity (Wildman–Crippen MR) is 45.9 cm³/mol. The second kappa shape index (κ2) is 4.22. The van der Waals surface area contributed by atoms with E-state index in [2.05, 4.69) is 0 Å². The van der Waals surface area contributed by atoms with Gasteiger partial charge < -0.3 is 10.3 Å². The van der Waals surface area contributed by atoms with Crippen molar-refractivity contribution in [1.82, 2.24) is 4.31 Å². The van der Waals surface area contributed by atoms with Crippen LogP contribution in [0.2, 0.25) is 0 Å². The number of rotatable bonds is 2. The van der Waals surface area contributed by atoms with Crippen molar-refractivity contribution < 1.29 is 13.6 Å². The average Bonchev–Trinajstić information content (AvgIpc) is 2.04. The number of thioether (sulfide) groups is 1. The maximum atomic E-state index is 10.8. The fourth-order valence-electron chi connectivity index (χ4n) is 0.991. The third-order valence-electron chi connectivity index (χ3n) is 1.60. The lowest BCUT2D eigenvalue weighted by Crippen LogP contribution is -2.50. The van der Waals surface area contributed by atoms with E-state index in [9.17, 15) is 13.6 Å². The minimum atomic E-state index is -2.33. The molecule has 2 atom stereocenters. The van der Waals surface area contributed by atoms with Gasteiger partial charge in [-0.2, -0.15) is 11.8 Å². The summed E-state index contributed by atoms with van der Waals surface area (Å²) in [5, 5.41) is 0. The van der Waals surface area contributed by atoms with Gasteiger partial charge in [-0.25, -0.2) is 4.31 Å². The minimum Gasteiger partial charge on any atom is -0.760 e. The fraction of sp³-hybridized carbons (Fsp3) is 0.800. The molecule has 0 bridgehead atoms. The van der Waals surface area contributed by atoms with Gasteiger partial charge in [0.25, 0.3) is 0 Å². The molecule has 0 spiro atoms. The Hall–Kier alpha value is -0.110. The molecule has 5 nitrogen and oxygen atoms in total. The first kappa shape index (κ1) is 9.97. The molecule has 7 heteroatoms. The number of nitrogens with two attached hydrogens (primary N) is 1. The normalized spacial score (nSPS) is 28.2. The van der Waals surface area contributed by atoms with Gasteiger partial charge in [0.05, 0.1) is 0 Å². The highest BCUT2D eigenvalue weighted by Crippen LogP contribution is 2.16. The Kier molecular flexibility index (Phi) is 3.51. The van der Waals surface area contributed by atoms with Gasteiger partial charge in [-0.15, -0.1) is 0 Å². The number of hydrogen-bond donors (Lipinski definition) is 1. The molecule has 1 heterocycles. The van der Waals surface area contributed by atoms with E-state index in [4.69, 9.17) is 5.73 Å². The highest BCUT2D eigenvalue weighted by atomic mass is 32.2. The summed E-state index contributed by atoms with van der Waals surface area (Å²) in [5.41, 5.74) is 5.03. The Morgan fingerprint density at radius 2 is 2.42 bits per heavy atom. The quantitative estimate of drug-likeness (QED) is 0.572. The van der Waals surface area contributed by atoms with Crippen LogP contribution in [-0.2, 0) is 16.1 Å². The molecule has 1 fully saturated rings. The van der Waals surface area contributed by atoms with Crippen LogP contribution in [0.25, 0.3) is 0 Å². The lowest BCUT2D eigenvalue weighted by molar-refractivity contribution is -0.121. The van der Waals surface area contributed by atoms with E-state index in [-0.39, 0.29) is 0 Å². The molecule has 0 aliphatic carbocycles. The summed E-state index contributed by atoms with van der Waals surface area (Å²) in [6, 6.07) is -0.665. The van der Waals surface area contributed by atoms with Gasteiger partial charge in [-0.05, 0) is 0 Å². The lowest BCUT2D eigenvalue weighted by Gasteiger charge is -2.33. The van der Waals surface area contributed by atoms with Crippen LogP contribution in [0.15, 0.2) is 0 Å². The van der Waals surface area contributed by atoms with Crippen molar-refractivity contribution in [3.05, 3.63) is 0 Å². The van der Waals surface area contributed by atoms with Crippen molar-refractivity contribution in [1.29, 1.82) is 0 Å². The van der Waals surface area contributed by atoms with E-state index in [1.165, 1.54) is 11.8 Å². The van der Waals surface area contributed by atoms with Crippen molar-refractivity contribution >= 4 is 28.9 Å². The summed E-state index contributed by atoms with van der Waals surface area (Å²) in [7, 11) is 0. The number of amides is 1. The van der Waals surface area contributed by atoms with Crippen molar-refractivity contribution in [2.24, 2.45) is 5.73 Å². The number of carbonyl (C=O) groups excluding carboxylic acids is 1. The highest BCUT2D eigenvalue weighted by molar-refractivity contribution is 7.99. The monoisotopic (exact) mass is 209 g/mol. The maximum Gasteiger partial charge on any atom is 0.236 e. The van der Waals surface area contributed by atoms with E-state index in [1.54, 1.807) is 0 Å². The Balaban J connectivity index is 2.67. The number of carbonyl (C=O) groups is 1. The average molecular weight is 209 g/mol. The largest absolute Gasteiger partial charge is 0.760 e. The van der Waals surface area contributed by atoms with Crippen LogP contribution in [-0.4, -0.2) is 43.1 Å². The highest BCUT2D eigenvalue weighted by Gasteiger charge is 2.27. The van der Waals surface area contributed by atoms with Crippen molar-refractivity contribution in [3.63, 3.8) is 0 Å². The first-order valence-corrected chi connectivity index (χ1v) is 5.54. The zero-order chi connectivity index (χ0) is 9.14. The molecule has 12 heavy (non-hydrogen) atoms. The molecule has 70 valence electrons. The standard InChI is InChI=1S/C5H10N2O3S2/c6-5(8)4-3-11-2-1-7(4)12(9)10/h4H,1-3H2,(H2,6,8)(H,9,10)/p-1. The zero-order valence-corrected chi connectivity index (χ0v) is 7.90. The second-order valence-corrected chi connectivity index (χ2v) is 4.40. The molecule has 0 aromatic rings. The van der Waals surface area contributed by atoms with E-state index in [0.29, 0.717) is 12.3 Å². The topological polar surface area (TPSA) is 86.5 Å². The van der Waals surface area contributed by atoms with Crippen molar-refractivity contribution in [3.8, 4) is 0 Å². The zero-order valence-electron chi connectivity index (χ0n) is 6.26.